The van der Waals surface area contributed by atoms with Crippen molar-refractivity contribution in [1.29, 1.82) is 0 Å². The van der Waals surface area contributed by atoms with Crippen molar-refractivity contribution in [2.24, 2.45) is 5.73 Å². The summed E-state index contributed by atoms with van der Waals surface area (Å²) in [4.78, 5) is 11.3. The number of hydrogen-bond donors (Lipinski definition) is 2. The number of amides is 1. The van der Waals surface area contributed by atoms with Gasteiger partial charge in [-0.15, -0.1) is 0 Å². The Morgan fingerprint density at radius 3 is 2.63 bits per heavy atom. The average molecular weight is 276 g/mol. The summed E-state index contributed by atoms with van der Waals surface area (Å²) in [6.45, 7) is 3.54. The number of rotatable bonds is 2. The SMILES string of the molecule is CC(C)n1nc(C(N)=O)c2c1CC(C(F)(F)F)NC2. The number of nitrogens with one attached hydrogen (secondary N) is 1. The van der Waals surface area contributed by atoms with Crippen LogP contribution in [0.2, 0.25) is 0 Å². The van der Waals surface area contributed by atoms with Crippen molar-refractivity contribution in [3.05, 3.63) is 17.0 Å². The second kappa shape index (κ2) is 4.52. The molecule has 5 nitrogen and oxygen atoms in total. The van der Waals surface area contributed by atoms with Crippen molar-refractivity contribution in [1.82, 2.24) is 15.1 Å². The number of hydrogen-bond acceptors (Lipinski definition) is 3. The van der Waals surface area contributed by atoms with Gasteiger partial charge in [0.25, 0.3) is 5.91 Å². The van der Waals surface area contributed by atoms with E-state index in [4.69, 9.17) is 5.73 Å². The van der Waals surface area contributed by atoms with Crippen LogP contribution in [0.3, 0.4) is 0 Å². The number of halogens is 3. The van der Waals surface area contributed by atoms with Crippen LogP contribution in [0.15, 0.2) is 0 Å². The minimum atomic E-state index is -4.32. The fourth-order valence-corrected chi connectivity index (χ4v) is 2.25. The molecule has 0 radical (unpaired) electrons. The van der Waals surface area contributed by atoms with Crippen LogP contribution in [0.1, 0.15) is 41.6 Å². The number of nitrogens with two attached hydrogens (primary N) is 1. The van der Waals surface area contributed by atoms with Gasteiger partial charge in [-0.2, -0.15) is 18.3 Å². The maximum Gasteiger partial charge on any atom is 0.404 e. The summed E-state index contributed by atoms with van der Waals surface area (Å²) in [5.74, 6) is -0.720. The molecule has 0 saturated carbocycles. The minimum Gasteiger partial charge on any atom is -0.364 e. The topological polar surface area (TPSA) is 72.9 Å². The molecular formula is C11H15F3N4O. The van der Waals surface area contributed by atoms with Gasteiger partial charge in [-0.25, -0.2) is 0 Å². The Kier molecular flexibility index (Phi) is 3.29. The molecule has 0 aliphatic carbocycles. The second-order valence-corrected chi connectivity index (χ2v) is 4.86. The fraction of sp³-hybridized carbons (Fsp3) is 0.636. The van der Waals surface area contributed by atoms with Gasteiger partial charge in [-0.05, 0) is 13.8 Å². The number of primary amides is 1. The van der Waals surface area contributed by atoms with Crippen LogP contribution in [0.25, 0.3) is 0 Å². The number of carbonyl (C=O) groups is 1. The number of nitrogens with zero attached hydrogens (tertiary/aromatic N) is 2. The van der Waals surface area contributed by atoms with E-state index in [1.807, 2.05) is 0 Å². The molecule has 1 aliphatic rings. The van der Waals surface area contributed by atoms with E-state index < -0.39 is 18.1 Å². The summed E-state index contributed by atoms with van der Waals surface area (Å²) in [5, 5.41) is 6.42. The summed E-state index contributed by atoms with van der Waals surface area (Å²) >= 11 is 0. The molecular weight excluding hydrogens is 261 g/mol. The van der Waals surface area contributed by atoms with Crippen LogP contribution in [-0.2, 0) is 13.0 Å². The van der Waals surface area contributed by atoms with E-state index in [-0.39, 0.29) is 24.7 Å². The normalized spacial score (nSPS) is 19.6. The first-order valence-electron chi connectivity index (χ1n) is 5.92. The average Bonchev–Trinajstić information content (AvgIpc) is 2.66. The highest BCUT2D eigenvalue weighted by Crippen LogP contribution is 2.30. The Bertz CT molecular complexity index is 507. The highest BCUT2D eigenvalue weighted by atomic mass is 19.4. The van der Waals surface area contributed by atoms with Gasteiger partial charge >= 0.3 is 6.18 Å². The lowest BCUT2D eigenvalue weighted by atomic mass is 10.00. The molecule has 8 heteroatoms. The number of aromatic nitrogens is 2. The zero-order valence-electron chi connectivity index (χ0n) is 10.6. The summed E-state index contributed by atoms with van der Waals surface area (Å²) in [5.41, 5.74) is 6.17. The Labute approximate surface area is 108 Å². The van der Waals surface area contributed by atoms with Crippen LogP contribution < -0.4 is 11.1 Å². The predicted molar refractivity (Wildman–Crippen MR) is 61.5 cm³/mol. The van der Waals surface area contributed by atoms with Gasteiger partial charge in [-0.3, -0.25) is 9.48 Å². The van der Waals surface area contributed by atoms with Gasteiger partial charge in [0.15, 0.2) is 5.69 Å². The summed E-state index contributed by atoms with van der Waals surface area (Å²) < 4.78 is 39.7. The quantitative estimate of drug-likeness (QED) is 0.850. The van der Waals surface area contributed by atoms with Crippen molar-refractivity contribution < 1.29 is 18.0 Å². The number of alkyl halides is 3. The number of carbonyl (C=O) groups excluding carboxylic acids is 1. The molecule has 1 atom stereocenters. The van der Waals surface area contributed by atoms with E-state index in [9.17, 15) is 18.0 Å². The van der Waals surface area contributed by atoms with Gasteiger partial charge in [0, 0.05) is 30.3 Å². The van der Waals surface area contributed by atoms with E-state index in [2.05, 4.69) is 10.4 Å². The van der Waals surface area contributed by atoms with E-state index in [0.717, 1.165) is 0 Å². The lowest BCUT2D eigenvalue weighted by Crippen LogP contribution is -2.47. The maximum absolute atomic E-state index is 12.7. The van der Waals surface area contributed by atoms with Gasteiger partial charge < -0.3 is 11.1 Å². The third-order valence-corrected chi connectivity index (χ3v) is 3.16. The van der Waals surface area contributed by atoms with Crippen molar-refractivity contribution in [2.45, 2.75) is 45.1 Å². The molecule has 2 rings (SSSR count). The minimum absolute atomic E-state index is 0.0511. The molecule has 0 aromatic carbocycles. The molecule has 0 saturated heterocycles. The molecule has 1 aromatic heterocycles. The first-order chi connectivity index (χ1) is 8.71. The highest BCUT2D eigenvalue weighted by Gasteiger charge is 2.43. The van der Waals surface area contributed by atoms with Crippen LogP contribution in [0.5, 0.6) is 0 Å². The van der Waals surface area contributed by atoms with Crippen molar-refractivity contribution in [2.75, 3.05) is 0 Å². The van der Waals surface area contributed by atoms with Crippen LogP contribution in [0, 0.1) is 0 Å². The van der Waals surface area contributed by atoms with Crippen LogP contribution in [0.4, 0.5) is 13.2 Å². The highest BCUT2D eigenvalue weighted by molar-refractivity contribution is 5.92. The first-order valence-corrected chi connectivity index (χ1v) is 5.92. The van der Waals surface area contributed by atoms with Gasteiger partial charge in [0.05, 0.1) is 0 Å². The molecule has 0 fully saturated rings. The predicted octanol–water partition coefficient (Wildman–Crippen LogP) is 1.14. The van der Waals surface area contributed by atoms with Crippen LogP contribution in [-0.4, -0.2) is 27.9 Å². The Hall–Kier alpha value is -1.57. The molecule has 1 aliphatic heterocycles. The molecule has 1 aromatic rings. The Morgan fingerprint density at radius 2 is 2.16 bits per heavy atom. The maximum atomic E-state index is 12.7. The van der Waals surface area contributed by atoms with Crippen LogP contribution >= 0.6 is 0 Å². The van der Waals surface area contributed by atoms with Gasteiger partial charge in [-0.1, -0.05) is 0 Å². The van der Waals surface area contributed by atoms with Gasteiger partial charge in [0.2, 0.25) is 0 Å². The second-order valence-electron chi connectivity index (χ2n) is 4.86. The first kappa shape index (κ1) is 13.9. The van der Waals surface area contributed by atoms with E-state index in [1.54, 1.807) is 13.8 Å². The fourth-order valence-electron chi connectivity index (χ4n) is 2.25. The molecule has 2 heterocycles. The Balaban J connectivity index is 2.45. The zero-order valence-corrected chi connectivity index (χ0v) is 10.6. The van der Waals surface area contributed by atoms with Crippen molar-refractivity contribution in [3.8, 4) is 0 Å². The summed E-state index contributed by atoms with van der Waals surface area (Å²) in [7, 11) is 0. The summed E-state index contributed by atoms with van der Waals surface area (Å²) in [6.07, 6.45) is -4.56. The van der Waals surface area contributed by atoms with Crippen molar-refractivity contribution >= 4 is 5.91 Å². The van der Waals surface area contributed by atoms with Crippen molar-refractivity contribution in [3.63, 3.8) is 0 Å². The zero-order chi connectivity index (χ0) is 14.4. The van der Waals surface area contributed by atoms with E-state index in [1.165, 1.54) is 4.68 Å². The van der Waals surface area contributed by atoms with E-state index >= 15 is 0 Å². The third kappa shape index (κ3) is 2.44. The molecule has 3 N–H and O–H groups in total. The largest absolute Gasteiger partial charge is 0.404 e. The Morgan fingerprint density at radius 1 is 1.53 bits per heavy atom. The number of fused-ring (bicyclic) bond motifs is 1. The molecule has 106 valence electrons. The lowest BCUT2D eigenvalue weighted by Gasteiger charge is -2.27. The third-order valence-electron chi connectivity index (χ3n) is 3.16. The van der Waals surface area contributed by atoms with E-state index in [0.29, 0.717) is 11.3 Å². The molecule has 0 spiro atoms. The summed E-state index contributed by atoms with van der Waals surface area (Å²) in [6, 6.07) is -1.75. The smallest absolute Gasteiger partial charge is 0.364 e. The van der Waals surface area contributed by atoms with Gasteiger partial charge in [0.1, 0.15) is 6.04 Å². The monoisotopic (exact) mass is 276 g/mol. The molecule has 1 unspecified atom stereocenters. The molecule has 0 bridgehead atoms. The molecule has 1 amide bonds. The lowest BCUT2D eigenvalue weighted by molar-refractivity contribution is -0.157. The standard InChI is InChI=1S/C11H15F3N4O/c1-5(2)18-7-3-8(11(12,13)14)16-4-6(7)9(17-18)10(15)19/h5,8,16H,3-4H2,1-2H3,(H2,15,19). The molecule has 19 heavy (non-hydrogen) atoms.